The van der Waals surface area contributed by atoms with Crippen LogP contribution in [0.15, 0.2) is 0 Å². The molecule has 0 heterocycles. The molecule has 0 aromatic carbocycles. The first-order chi connectivity index (χ1) is 6.70. The van der Waals surface area contributed by atoms with Crippen LogP contribution in [0.25, 0.3) is 0 Å². The van der Waals surface area contributed by atoms with Crippen LogP contribution in [0.4, 0.5) is 0 Å². The van der Waals surface area contributed by atoms with Crippen LogP contribution < -0.4 is 0 Å². The third-order valence-corrected chi connectivity index (χ3v) is 2.23. The second-order valence-electron chi connectivity index (χ2n) is 3.68. The maximum atomic E-state index is 8.70. The fourth-order valence-electron chi connectivity index (χ4n) is 1.21. The minimum Gasteiger partial charge on any atom is -0.395 e. The molecule has 0 rings (SSSR count). The molecule has 0 amide bonds. The fourth-order valence-corrected chi connectivity index (χ4v) is 1.21. The van der Waals surface area contributed by atoms with Crippen molar-refractivity contribution in [2.45, 2.75) is 6.42 Å². The lowest BCUT2D eigenvalue weighted by Gasteiger charge is -2.21. The molecule has 0 aromatic heterocycles. The van der Waals surface area contributed by atoms with Crippen molar-refractivity contribution in [3.05, 3.63) is 0 Å². The number of likely N-dealkylation sites (N-methyl/N-ethyl adjacent to an activating group) is 2. The van der Waals surface area contributed by atoms with Crippen molar-refractivity contribution in [1.82, 2.24) is 9.80 Å². The number of hydrogen-bond acceptors (Lipinski definition) is 4. The van der Waals surface area contributed by atoms with E-state index in [1.165, 1.54) is 0 Å². The monoisotopic (exact) mass is 204 g/mol. The molecule has 0 radical (unpaired) electrons. The average Bonchev–Trinajstić information content (AvgIpc) is 2.16. The van der Waals surface area contributed by atoms with Crippen molar-refractivity contribution < 1.29 is 9.84 Å². The van der Waals surface area contributed by atoms with E-state index in [4.69, 9.17) is 9.84 Å². The predicted octanol–water partition coefficient (Wildman–Crippen LogP) is -0.121. The zero-order valence-corrected chi connectivity index (χ0v) is 9.70. The van der Waals surface area contributed by atoms with Gasteiger partial charge in [-0.1, -0.05) is 0 Å². The van der Waals surface area contributed by atoms with Crippen molar-refractivity contribution in [1.29, 1.82) is 0 Å². The highest BCUT2D eigenvalue weighted by Gasteiger charge is 2.00. The third-order valence-electron chi connectivity index (χ3n) is 2.23. The third kappa shape index (κ3) is 8.44. The van der Waals surface area contributed by atoms with Gasteiger partial charge in [-0.25, -0.2) is 0 Å². The van der Waals surface area contributed by atoms with Crippen molar-refractivity contribution in [2.75, 3.05) is 60.6 Å². The second kappa shape index (κ2) is 9.40. The Morgan fingerprint density at radius 3 is 2.07 bits per heavy atom. The summed E-state index contributed by atoms with van der Waals surface area (Å²) < 4.78 is 4.99. The molecular weight excluding hydrogens is 180 g/mol. The Bertz CT molecular complexity index is 123. The van der Waals surface area contributed by atoms with Gasteiger partial charge in [-0.3, -0.25) is 0 Å². The van der Waals surface area contributed by atoms with Gasteiger partial charge >= 0.3 is 0 Å². The average molecular weight is 204 g/mol. The van der Waals surface area contributed by atoms with Gasteiger partial charge in [0.25, 0.3) is 0 Å². The zero-order chi connectivity index (χ0) is 10.8. The molecule has 0 saturated carbocycles. The number of ether oxygens (including phenoxy) is 1. The van der Waals surface area contributed by atoms with Crippen LogP contribution in [-0.4, -0.2) is 75.5 Å². The molecule has 0 aromatic rings. The number of aliphatic hydroxyl groups excluding tert-OH is 1. The van der Waals surface area contributed by atoms with Crippen LogP contribution in [0.2, 0.25) is 0 Å². The van der Waals surface area contributed by atoms with E-state index in [0.29, 0.717) is 0 Å². The normalized spacial score (nSPS) is 11.6. The smallest absolute Gasteiger partial charge is 0.0558 e. The van der Waals surface area contributed by atoms with Gasteiger partial charge in [-0.2, -0.15) is 0 Å². The van der Waals surface area contributed by atoms with Crippen LogP contribution in [0, 0.1) is 0 Å². The lowest BCUT2D eigenvalue weighted by Crippen LogP contribution is -2.33. The van der Waals surface area contributed by atoms with E-state index in [2.05, 4.69) is 16.8 Å². The van der Waals surface area contributed by atoms with E-state index >= 15 is 0 Å². The number of methoxy groups -OCH3 is 1. The topological polar surface area (TPSA) is 35.9 Å². The van der Waals surface area contributed by atoms with E-state index in [1.807, 2.05) is 7.05 Å². The Morgan fingerprint density at radius 1 is 1.00 bits per heavy atom. The van der Waals surface area contributed by atoms with Crippen LogP contribution in [0.3, 0.4) is 0 Å². The van der Waals surface area contributed by atoms with E-state index < -0.39 is 0 Å². The predicted molar refractivity (Wildman–Crippen MR) is 58.6 cm³/mol. The van der Waals surface area contributed by atoms with E-state index in [0.717, 1.165) is 39.2 Å². The van der Waals surface area contributed by atoms with Gasteiger partial charge in [0.15, 0.2) is 0 Å². The van der Waals surface area contributed by atoms with Gasteiger partial charge in [-0.05, 0) is 20.5 Å². The molecule has 14 heavy (non-hydrogen) atoms. The maximum absolute atomic E-state index is 8.70. The van der Waals surface area contributed by atoms with E-state index in [-0.39, 0.29) is 6.61 Å². The lowest BCUT2D eigenvalue weighted by molar-refractivity contribution is 0.170. The molecular formula is C10H24N2O2. The molecule has 86 valence electrons. The SMILES string of the molecule is COCCCN(C)CCN(C)CCO. The molecule has 0 aliphatic heterocycles. The van der Waals surface area contributed by atoms with Gasteiger partial charge in [-0.15, -0.1) is 0 Å². The molecule has 0 fully saturated rings. The molecule has 0 unspecified atom stereocenters. The summed E-state index contributed by atoms with van der Waals surface area (Å²) >= 11 is 0. The molecule has 1 N–H and O–H groups in total. The van der Waals surface area contributed by atoms with Crippen molar-refractivity contribution in [3.8, 4) is 0 Å². The summed E-state index contributed by atoms with van der Waals surface area (Å²) in [6.45, 7) is 4.94. The minimum atomic E-state index is 0.240. The molecule has 4 nitrogen and oxygen atoms in total. The van der Waals surface area contributed by atoms with Gasteiger partial charge in [0.2, 0.25) is 0 Å². The Labute approximate surface area is 87.5 Å². The Kier molecular flexibility index (Phi) is 9.29. The Hall–Kier alpha value is -0.160. The molecule has 4 heteroatoms. The quantitative estimate of drug-likeness (QED) is 0.531. The minimum absolute atomic E-state index is 0.240. The summed E-state index contributed by atoms with van der Waals surface area (Å²) in [7, 11) is 5.87. The summed E-state index contributed by atoms with van der Waals surface area (Å²) in [5, 5.41) is 8.70. The van der Waals surface area contributed by atoms with E-state index in [9.17, 15) is 0 Å². The van der Waals surface area contributed by atoms with Crippen molar-refractivity contribution in [3.63, 3.8) is 0 Å². The largest absolute Gasteiger partial charge is 0.395 e. The number of hydrogen-bond donors (Lipinski definition) is 1. The van der Waals surface area contributed by atoms with E-state index in [1.54, 1.807) is 7.11 Å². The Morgan fingerprint density at radius 2 is 1.57 bits per heavy atom. The molecule has 0 atom stereocenters. The van der Waals surface area contributed by atoms with Crippen LogP contribution >= 0.6 is 0 Å². The summed E-state index contributed by atoms with van der Waals surface area (Å²) in [5.74, 6) is 0. The molecule has 0 spiro atoms. The fraction of sp³-hybridized carbons (Fsp3) is 1.00. The first-order valence-electron chi connectivity index (χ1n) is 5.17. The maximum Gasteiger partial charge on any atom is 0.0558 e. The summed E-state index contributed by atoms with van der Waals surface area (Å²) in [4.78, 5) is 4.42. The van der Waals surface area contributed by atoms with Crippen LogP contribution in [0.1, 0.15) is 6.42 Å². The summed E-state index contributed by atoms with van der Waals surface area (Å²) in [5.41, 5.74) is 0. The van der Waals surface area contributed by atoms with Crippen molar-refractivity contribution >= 4 is 0 Å². The highest BCUT2D eigenvalue weighted by atomic mass is 16.5. The first kappa shape index (κ1) is 13.8. The van der Waals surface area contributed by atoms with Crippen LogP contribution in [-0.2, 0) is 4.74 Å². The molecule has 0 bridgehead atoms. The van der Waals surface area contributed by atoms with Gasteiger partial charge in [0, 0.05) is 39.9 Å². The number of nitrogens with zero attached hydrogens (tertiary/aromatic N) is 2. The molecule has 0 saturated heterocycles. The first-order valence-corrected chi connectivity index (χ1v) is 5.17. The molecule has 0 aliphatic carbocycles. The lowest BCUT2D eigenvalue weighted by atomic mass is 10.4. The van der Waals surface area contributed by atoms with Gasteiger partial charge in [0.05, 0.1) is 6.61 Å². The van der Waals surface area contributed by atoms with Gasteiger partial charge in [0.1, 0.15) is 0 Å². The summed E-state index contributed by atoms with van der Waals surface area (Å²) in [6.07, 6.45) is 1.08. The Balaban J connectivity index is 3.29. The standard InChI is InChI=1S/C10H24N2O2/c1-11(5-4-10-14-3)6-7-12(2)8-9-13/h13H,4-10H2,1-3H3. The zero-order valence-electron chi connectivity index (χ0n) is 9.70. The number of rotatable bonds is 9. The van der Waals surface area contributed by atoms with Gasteiger partial charge < -0.3 is 19.6 Å². The van der Waals surface area contributed by atoms with Crippen LogP contribution in [0.5, 0.6) is 0 Å². The summed E-state index contributed by atoms with van der Waals surface area (Å²) in [6, 6.07) is 0. The highest BCUT2D eigenvalue weighted by molar-refractivity contribution is 4.56. The number of aliphatic hydroxyl groups is 1. The molecule has 0 aliphatic rings. The highest BCUT2D eigenvalue weighted by Crippen LogP contribution is 1.89. The second-order valence-corrected chi connectivity index (χ2v) is 3.68. The van der Waals surface area contributed by atoms with Crippen molar-refractivity contribution in [2.24, 2.45) is 0 Å².